The molecule has 0 radical (unpaired) electrons. The van der Waals surface area contributed by atoms with Crippen molar-refractivity contribution in [3.8, 4) is 0 Å². The maximum atomic E-state index is 12.4. The Morgan fingerprint density at radius 3 is 2.00 bits per heavy atom. The third kappa shape index (κ3) is 7.21. The number of hydrogen-bond donors (Lipinski definition) is 3. The second-order valence-electron chi connectivity index (χ2n) is 7.69. The SMILES string of the molecule is COC(=O)Nc1ccc(CC(N)C(=O)Nc2ccc(C(=O)OC(C)(C)C)cc2)cc1. The monoisotopic (exact) mass is 413 g/mol. The quantitative estimate of drug-likeness (QED) is 0.625. The Balaban J connectivity index is 1.91. The topological polar surface area (TPSA) is 120 Å². The van der Waals surface area contributed by atoms with Crippen molar-refractivity contribution in [1.82, 2.24) is 0 Å². The van der Waals surface area contributed by atoms with Crippen molar-refractivity contribution in [3.63, 3.8) is 0 Å². The number of carbonyl (C=O) groups is 3. The number of ether oxygens (including phenoxy) is 2. The number of methoxy groups -OCH3 is 1. The summed E-state index contributed by atoms with van der Waals surface area (Å²) in [6.07, 6.45) is -0.239. The van der Waals surface area contributed by atoms with Gasteiger partial charge in [-0.05, 0) is 69.2 Å². The molecule has 0 saturated heterocycles. The fourth-order valence-corrected chi connectivity index (χ4v) is 2.50. The number of anilines is 2. The molecule has 8 heteroatoms. The summed E-state index contributed by atoms with van der Waals surface area (Å²) in [6, 6.07) is 12.6. The van der Waals surface area contributed by atoms with E-state index in [1.54, 1.807) is 69.3 Å². The summed E-state index contributed by atoms with van der Waals surface area (Å²) in [6.45, 7) is 5.39. The highest BCUT2D eigenvalue weighted by Crippen LogP contribution is 2.16. The largest absolute Gasteiger partial charge is 0.456 e. The fraction of sp³-hybridized carbons (Fsp3) is 0.318. The lowest BCUT2D eigenvalue weighted by Crippen LogP contribution is -2.37. The number of hydrogen-bond acceptors (Lipinski definition) is 6. The third-order valence-corrected chi connectivity index (χ3v) is 3.97. The molecule has 0 aliphatic rings. The van der Waals surface area contributed by atoms with Crippen molar-refractivity contribution < 1.29 is 23.9 Å². The second kappa shape index (κ2) is 9.89. The van der Waals surface area contributed by atoms with Crippen molar-refractivity contribution in [2.24, 2.45) is 5.73 Å². The zero-order valence-electron chi connectivity index (χ0n) is 17.5. The molecule has 8 nitrogen and oxygen atoms in total. The van der Waals surface area contributed by atoms with Crippen LogP contribution in [0.1, 0.15) is 36.7 Å². The zero-order valence-corrected chi connectivity index (χ0v) is 17.5. The molecule has 0 bridgehead atoms. The van der Waals surface area contributed by atoms with Crippen LogP contribution in [0.3, 0.4) is 0 Å². The van der Waals surface area contributed by atoms with Crippen LogP contribution in [0.15, 0.2) is 48.5 Å². The molecule has 0 aromatic heterocycles. The van der Waals surface area contributed by atoms with Gasteiger partial charge in [0.15, 0.2) is 0 Å². The number of amides is 2. The van der Waals surface area contributed by atoms with Gasteiger partial charge in [0.05, 0.1) is 18.7 Å². The molecule has 1 unspecified atom stereocenters. The molecule has 4 N–H and O–H groups in total. The van der Waals surface area contributed by atoms with Gasteiger partial charge < -0.3 is 20.5 Å². The van der Waals surface area contributed by atoms with E-state index >= 15 is 0 Å². The van der Waals surface area contributed by atoms with Gasteiger partial charge in [0.2, 0.25) is 5.91 Å². The van der Waals surface area contributed by atoms with E-state index in [2.05, 4.69) is 15.4 Å². The first-order valence-electron chi connectivity index (χ1n) is 9.41. The molecule has 2 aromatic carbocycles. The Kier molecular flexibility index (Phi) is 7.54. The zero-order chi connectivity index (χ0) is 22.3. The van der Waals surface area contributed by atoms with Crippen LogP contribution in [0.25, 0.3) is 0 Å². The van der Waals surface area contributed by atoms with Crippen molar-refractivity contribution in [3.05, 3.63) is 59.7 Å². The van der Waals surface area contributed by atoms with Crippen molar-refractivity contribution in [2.45, 2.75) is 38.8 Å². The van der Waals surface area contributed by atoms with Gasteiger partial charge in [-0.3, -0.25) is 10.1 Å². The minimum absolute atomic E-state index is 0.320. The Hall–Kier alpha value is -3.39. The lowest BCUT2D eigenvalue weighted by atomic mass is 10.1. The Morgan fingerprint density at radius 1 is 0.933 bits per heavy atom. The number of rotatable bonds is 6. The van der Waals surface area contributed by atoms with E-state index < -0.39 is 23.7 Å². The van der Waals surface area contributed by atoms with Gasteiger partial charge in [-0.1, -0.05) is 12.1 Å². The van der Waals surface area contributed by atoms with Gasteiger partial charge in [-0.15, -0.1) is 0 Å². The summed E-state index contributed by atoms with van der Waals surface area (Å²) >= 11 is 0. The molecular weight excluding hydrogens is 386 g/mol. The first-order chi connectivity index (χ1) is 14.1. The van der Waals surface area contributed by atoms with Crippen molar-refractivity contribution >= 4 is 29.3 Å². The maximum absolute atomic E-state index is 12.4. The van der Waals surface area contributed by atoms with Crippen LogP contribution < -0.4 is 16.4 Å². The Morgan fingerprint density at radius 2 is 1.47 bits per heavy atom. The van der Waals surface area contributed by atoms with E-state index in [1.807, 2.05) is 0 Å². The van der Waals surface area contributed by atoms with Crippen LogP contribution in [-0.2, 0) is 20.7 Å². The van der Waals surface area contributed by atoms with Crippen molar-refractivity contribution in [2.75, 3.05) is 17.7 Å². The average molecular weight is 413 g/mol. The summed E-state index contributed by atoms with van der Waals surface area (Å²) < 4.78 is 9.84. The van der Waals surface area contributed by atoms with Gasteiger partial charge in [0.25, 0.3) is 0 Å². The summed E-state index contributed by atoms with van der Waals surface area (Å²) in [5.41, 5.74) is 7.77. The highest BCUT2D eigenvalue weighted by molar-refractivity contribution is 5.96. The highest BCUT2D eigenvalue weighted by Gasteiger charge is 2.18. The molecule has 30 heavy (non-hydrogen) atoms. The van der Waals surface area contributed by atoms with Crippen molar-refractivity contribution in [1.29, 1.82) is 0 Å². The third-order valence-electron chi connectivity index (χ3n) is 3.97. The van der Waals surface area contributed by atoms with Gasteiger partial charge in [0, 0.05) is 11.4 Å². The maximum Gasteiger partial charge on any atom is 0.411 e. The van der Waals surface area contributed by atoms with E-state index in [4.69, 9.17) is 10.5 Å². The Bertz CT molecular complexity index is 886. The molecule has 2 amide bonds. The fourth-order valence-electron chi connectivity index (χ4n) is 2.50. The average Bonchev–Trinajstić information content (AvgIpc) is 2.68. The smallest absolute Gasteiger partial charge is 0.411 e. The second-order valence-corrected chi connectivity index (χ2v) is 7.69. The van der Waals surface area contributed by atoms with Gasteiger partial charge in [0.1, 0.15) is 5.60 Å². The van der Waals surface area contributed by atoms with Crippen LogP contribution >= 0.6 is 0 Å². The molecule has 0 fully saturated rings. The lowest BCUT2D eigenvalue weighted by molar-refractivity contribution is -0.117. The minimum Gasteiger partial charge on any atom is -0.456 e. The summed E-state index contributed by atoms with van der Waals surface area (Å²) in [4.78, 5) is 35.6. The molecule has 1 atom stereocenters. The Labute approximate surface area is 175 Å². The summed E-state index contributed by atoms with van der Waals surface area (Å²) in [5.74, 6) is -0.779. The summed E-state index contributed by atoms with van der Waals surface area (Å²) in [5, 5.41) is 5.28. The van der Waals surface area contributed by atoms with E-state index in [-0.39, 0.29) is 5.91 Å². The molecule has 0 spiro atoms. The summed E-state index contributed by atoms with van der Waals surface area (Å²) in [7, 11) is 1.28. The molecule has 0 aliphatic carbocycles. The molecule has 0 saturated carbocycles. The number of benzene rings is 2. The normalized spacial score (nSPS) is 11.9. The molecule has 160 valence electrons. The minimum atomic E-state index is -0.769. The lowest BCUT2D eigenvalue weighted by Gasteiger charge is -2.19. The standard InChI is InChI=1S/C22H27N3O5/c1-22(2,3)30-20(27)15-7-11-16(12-8-15)24-19(26)18(23)13-14-5-9-17(10-6-14)25-21(28)29-4/h5-12,18H,13,23H2,1-4H3,(H,24,26)(H,25,28). The van der Waals surface area contributed by atoms with E-state index in [1.165, 1.54) is 7.11 Å². The van der Waals surface area contributed by atoms with Gasteiger partial charge in [-0.25, -0.2) is 9.59 Å². The van der Waals surface area contributed by atoms with Crippen LogP contribution in [0.2, 0.25) is 0 Å². The van der Waals surface area contributed by atoms with Gasteiger partial charge >= 0.3 is 12.1 Å². The molecule has 2 rings (SSSR count). The van der Waals surface area contributed by atoms with E-state index in [0.717, 1.165) is 5.56 Å². The van der Waals surface area contributed by atoms with E-state index in [9.17, 15) is 14.4 Å². The van der Waals surface area contributed by atoms with Crippen LogP contribution in [0, 0.1) is 0 Å². The van der Waals surface area contributed by atoms with Crippen LogP contribution in [0.5, 0.6) is 0 Å². The van der Waals surface area contributed by atoms with Gasteiger partial charge in [-0.2, -0.15) is 0 Å². The molecule has 2 aromatic rings. The predicted octanol–water partition coefficient (Wildman–Crippen LogP) is 3.33. The number of carbonyl (C=O) groups excluding carboxylic acids is 3. The number of nitrogens with two attached hydrogens (primary N) is 1. The number of nitrogens with one attached hydrogen (secondary N) is 2. The van der Waals surface area contributed by atoms with Crippen LogP contribution in [0.4, 0.5) is 16.2 Å². The first kappa shape index (κ1) is 22.9. The molecular formula is C22H27N3O5. The highest BCUT2D eigenvalue weighted by atomic mass is 16.6. The predicted molar refractivity (Wildman–Crippen MR) is 114 cm³/mol. The van der Waals surface area contributed by atoms with Crippen LogP contribution in [-0.4, -0.2) is 36.7 Å². The first-order valence-corrected chi connectivity index (χ1v) is 9.41. The number of esters is 1. The molecule has 0 heterocycles. The van der Waals surface area contributed by atoms with E-state index in [0.29, 0.717) is 23.4 Å². The molecule has 0 aliphatic heterocycles.